The number of aromatic nitrogens is 1. The topological polar surface area (TPSA) is 68.8 Å². The van der Waals surface area contributed by atoms with Gasteiger partial charge in [-0.25, -0.2) is 10.7 Å². The summed E-state index contributed by atoms with van der Waals surface area (Å²) in [5, 5.41) is 8.37. The summed E-state index contributed by atoms with van der Waals surface area (Å²) < 4.78 is 36.8. The first kappa shape index (κ1) is 14.0. The van der Waals surface area contributed by atoms with Crippen molar-refractivity contribution in [1.29, 1.82) is 5.26 Å². The van der Waals surface area contributed by atoms with Crippen molar-refractivity contribution in [1.82, 2.24) is 10.9 Å². The fourth-order valence-electron chi connectivity index (χ4n) is 1.04. The van der Waals surface area contributed by atoms with Crippen LogP contribution in [-0.4, -0.2) is 26.0 Å². The second kappa shape index (κ2) is 6.02. The van der Waals surface area contributed by atoms with Gasteiger partial charge < -0.3 is 4.48 Å². The van der Waals surface area contributed by atoms with Gasteiger partial charge in [0, 0.05) is 12.1 Å². The zero-order valence-electron chi connectivity index (χ0n) is 9.03. The van der Waals surface area contributed by atoms with Crippen LogP contribution in [0.3, 0.4) is 0 Å². The number of amides is 1. The standard InChI is InChI=1S/C9H7BF3N4O/c11-9(12,13)5-15-16-8(18)7-1-3-17(4-2-7)10-6-14/h1-4,15H,5H2/q-1/p+1. The molecule has 0 aliphatic carbocycles. The number of nitriles is 1. The lowest BCUT2D eigenvalue weighted by Gasteiger charge is -2.09. The molecular weight excluding hydrogens is 248 g/mol. The van der Waals surface area contributed by atoms with Crippen molar-refractivity contribution >= 4 is 13.3 Å². The first-order valence-corrected chi connectivity index (χ1v) is 4.76. The first-order valence-electron chi connectivity index (χ1n) is 4.76. The highest BCUT2D eigenvalue weighted by Crippen LogP contribution is 2.11. The van der Waals surface area contributed by atoms with E-state index in [4.69, 9.17) is 5.26 Å². The van der Waals surface area contributed by atoms with Gasteiger partial charge in [-0.15, -0.1) is 5.97 Å². The number of nitrogens with one attached hydrogen (secondary N) is 2. The molecule has 0 aromatic carbocycles. The van der Waals surface area contributed by atoms with Gasteiger partial charge in [0.1, 0.15) is 18.9 Å². The number of carbonyl (C=O) groups excluding carboxylic acids is 1. The van der Waals surface area contributed by atoms with Crippen LogP contribution in [0.25, 0.3) is 0 Å². The largest absolute Gasteiger partial charge is 0.461 e. The molecule has 0 unspecified atom stereocenters. The maximum atomic E-state index is 11.8. The van der Waals surface area contributed by atoms with E-state index in [1.54, 1.807) is 11.4 Å². The van der Waals surface area contributed by atoms with E-state index in [2.05, 4.69) is 0 Å². The quantitative estimate of drug-likeness (QED) is 0.575. The van der Waals surface area contributed by atoms with Gasteiger partial charge in [-0.1, -0.05) is 0 Å². The van der Waals surface area contributed by atoms with Gasteiger partial charge in [-0.2, -0.15) is 13.2 Å². The van der Waals surface area contributed by atoms with Gasteiger partial charge in [0.25, 0.3) is 5.91 Å². The van der Waals surface area contributed by atoms with E-state index in [-0.39, 0.29) is 5.56 Å². The Bertz CT molecular complexity index is 454. The number of carbonyl (C=O) groups is 1. The van der Waals surface area contributed by atoms with Gasteiger partial charge >= 0.3 is 6.18 Å². The van der Waals surface area contributed by atoms with Crippen molar-refractivity contribution in [2.24, 2.45) is 0 Å². The van der Waals surface area contributed by atoms with Crippen LogP contribution in [0.5, 0.6) is 0 Å². The van der Waals surface area contributed by atoms with Crippen LogP contribution in [0.15, 0.2) is 24.5 Å². The second-order valence-electron chi connectivity index (χ2n) is 3.22. The molecule has 2 N–H and O–H groups in total. The molecule has 1 rings (SSSR count). The molecule has 2 radical (unpaired) electrons. The second-order valence-corrected chi connectivity index (χ2v) is 3.22. The Morgan fingerprint density at radius 2 is 2.06 bits per heavy atom. The Labute approximate surface area is 101 Å². The number of hydrogen-bond donors (Lipinski definition) is 2. The number of pyridine rings is 1. The SMILES string of the molecule is N#C[B-][n+]1ccc(C(=O)NNCC(F)(F)F)cc1. The monoisotopic (exact) mass is 256 g/mol. The summed E-state index contributed by atoms with van der Waals surface area (Å²) in [6, 6.07) is 2.75. The molecule has 1 aromatic heterocycles. The molecule has 0 spiro atoms. The number of halogens is 3. The van der Waals surface area contributed by atoms with Crippen LogP contribution >= 0.6 is 0 Å². The molecule has 1 heterocycles. The summed E-state index contributed by atoms with van der Waals surface area (Å²) in [5.74, 6) is 1.09. The molecule has 0 bridgehead atoms. The summed E-state index contributed by atoms with van der Waals surface area (Å²) in [6.07, 6.45) is -1.53. The lowest BCUT2D eigenvalue weighted by Crippen LogP contribution is -2.43. The third-order valence-electron chi connectivity index (χ3n) is 1.81. The van der Waals surface area contributed by atoms with E-state index >= 15 is 0 Å². The Morgan fingerprint density at radius 3 is 2.56 bits per heavy atom. The van der Waals surface area contributed by atoms with Crippen LogP contribution < -0.4 is 15.3 Å². The van der Waals surface area contributed by atoms with Gasteiger partial charge in [-0.3, -0.25) is 10.2 Å². The third kappa shape index (κ3) is 4.84. The van der Waals surface area contributed by atoms with Crippen molar-refractivity contribution in [2.75, 3.05) is 6.54 Å². The van der Waals surface area contributed by atoms with Crippen molar-refractivity contribution in [2.45, 2.75) is 6.18 Å². The molecule has 1 aromatic rings. The Morgan fingerprint density at radius 1 is 1.44 bits per heavy atom. The minimum absolute atomic E-state index is 0.173. The predicted octanol–water partition coefficient (Wildman–Crippen LogP) is -0.281. The molecule has 18 heavy (non-hydrogen) atoms. The highest BCUT2D eigenvalue weighted by Gasteiger charge is 2.26. The van der Waals surface area contributed by atoms with E-state index in [9.17, 15) is 18.0 Å². The third-order valence-corrected chi connectivity index (χ3v) is 1.81. The van der Waals surface area contributed by atoms with E-state index in [1.807, 2.05) is 5.43 Å². The van der Waals surface area contributed by atoms with Gasteiger partial charge in [0.2, 0.25) is 7.41 Å². The highest BCUT2D eigenvalue weighted by atomic mass is 19.4. The van der Waals surface area contributed by atoms with E-state index in [1.165, 1.54) is 36.4 Å². The van der Waals surface area contributed by atoms with Gasteiger partial charge in [-0.05, 0) is 0 Å². The molecule has 9 heteroatoms. The normalized spacial score (nSPS) is 10.8. The van der Waals surface area contributed by atoms with Crippen molar-refractivity contribution in [3.05, 3.63) is 30.1 Å². The molecule has 94 valence electrons. The van der Waals surface area contributed by atoms with E-state index in [0.29, 0.717) is 0 Å². The zero-order valence-corrected chi connectivity index (χ0v) is 9.03. The molecule has 0 aliphatic rings. The summed E-state index contributed by atoms with van der Waals surface area (Å²) in [6.45, 7) is -1.31. The van der Waals surface area contributed by atoms with Crippen LogP contribution in [0.4, 0.5) is 13.2 Å². The molecule has 0 saturated carbocycles. The van der Waals surface area contributed by atoms with Crippen LogP contribution in [0, 0.1) is 11.2 Å². The fraction of sp³-hybridized carbons (Fsp3) is 0.222. The van der Waals surface area contributed by atoms with Gasteiger partial charge in [0.15, 0.2) is 0 Å². The summed E-state index contributed by atoms with van der Waals surface area (Å²) in [5.41, 5.74) is 3.86. The minimum Gasteiger partial charge on any atom is -0.461 e. The van der Waals surface area contributed by atoms with Crippen LogP contribution in [0.1, 0.15) is 10.4 Å². The molecule has 0 aliphatic heterocycles. The number of hydrazine groups is 1. The summed E-state index contributed by atoms with van der Waals surface area (Å²) in [4.78, 5) is 11.4. The van der Waals surface area contributed by atoms with E-state index in [0.717, 1.165) is 0 Å². The summed E-state index contributed by atoms with van der Waals surface area (Å²) in [7, 11) is 1.20. The Hall–Kier alpha value is -2.08. The van der Waals surface area contributed by atoms with E-state index < -0.39 is 18.6 Å². The fourth-order valence-corrected chi connectivity index (χ4v) is 1.04. The average molecular weight is 256 g/mol. The van der Waals surface area contributed by atoms with Crippen LogP contribution in [-0.2, 0) is 0 Å². The van der Waals surface area contributed by atoms with Gasteiger partial charge in [0.05, 0.1) is 5.56 Å². The zero-order chi connectivity index (χ0) is 13.6. The molecule has 0 atom stereocenters. The van der Waals surface area contributed by atoms with Crippen LogP contribution in [0.2, 0.25) is 0 Å². The molecule has 5 nitrogen and oxygen atoms in total. The molecular formula is C9H8BF3N4O. The number of nitrogens with zero attached hydrogens (tertiary/aromatic N) is 2. The minimum atomic E-state index is -4.39. The average Bonchev–Trinajstić information content (AvgIpc) is 2.28. The highest BCUT2D eigenvalue weighted by molar-refractivity contribution is 6.35. The first-order chi connectivity index (χ1) is 8.42. The smallest absolute Gasteiger partial charge is 0.402 e. The number of hydrogen-bond acceptors (Lipinski definition) is 3. The lowest BCUT2D eigenvalue weighted by atomic mass is 9.98. The molecule has 0 saturated heterocycles. The van der Waals surface area contributed by atoms with Crippen molar-refractivity contribution in [3.63, 3.8) is 0 Å². The number of rotatable bonds is 4. The van der Waals surface area contributed by atoms with Crippen molar-refractivity contribution < 1.29 is 22.4 Å². The predicted molar refractivity (Wildman–Crippen MR) is 54.9 cm³/mol. The maximum Gasteiger partial charge on any atom is 0.402 e. The molecule has 0 fully saturated rings. The molecule has 1 amide bonds. The Balaban J connectivity index is 2.49. The lowest BCUT2D eigenvalue weighted by molar-refractivity contribution is -0.527. The Kier molecular flexibility index (Phi) is 4.68. The maximum absolute atomic E-state index is 11.8. The summed E-state index contributed by atoms with van der Waals surface area (Å²) >= 11 is 0. The van der Waals surface area contributed by atoms with Crippen molar-refractivity contribution in [3.8, 4) is 5.97 Å². The number of alkyl halides is 3.